The lowest BCUT2D eigenvalue weighted by Gasteiger charge is -2.18. The zero-order valence-electron chi connectivity index (χ0n) is 18.5. The highest BCUT2D eigenvalue weighted by Gasteiger charge is 2.13. The third-order valence-corrected chi connectivity index (χ3v) is 6.11. The highest BCUT2D eigenvalue weighted by Crippen LogP contribution is 2.13. The van der Waals surface area contributed by atoms with Gasteiger partial charge in [0.1, 0.15) is 0 Å². The predicted octanol–water partition coefficient (Wildman–Crippen LogP) is 2.35. The van der Waals surface area contributed by atoms with E-state index in [1.54, 1.807) is 13.8 Å². The fraction of sp³-hybridized carbons (Fsp3) is 0.435. The summed E-state index contributed by atoms with van der Waals surface area (Å²) in [6, 6.07) is 17.2. The minimum Gasteiger partial charge on any atom is -0.396 e. The molecule has 0 radical (unpaired) electrons. The van der Waals surface area contributed by atoms with E-state index in [0.717, 1.165) is 23.2 Å². The van der Waals surface area contributed by atoms with Crippen molar-refractivity contribution in [1.29, 1.82) is 0 Å². The zero-order valence-corrected chi connectivity index (χ0v) is 19.3. The Kier molecular flexibility index (Phi) is 9.97. The first-order valence-electron chi connectivity index (χ1n) is 10.6. The highest BCUT2D eigenvalue weighted by molar-refractivity contribution is 7.88. The summed E-state index contributed by atoms with van der Waals surface area (Å²) in [6.07, 6.45) is 0. The number of benzene rings is 2. The van der Waals surface area contributed by atoms with Crippen LogP contribution in [0, 0.1) is 0 Å². The summed E-state index contributed by atoms with van der Waals surface area (Å²) in [5.41, 5.74) is 2.79. The van der Waals surface area contributed by atoms with Gasteiger partial charge in [-0.2, -0.15) is 0 Å². The largest absolute Gasteiger partial charge is 0.396 e. The SMILES string of the molecule is CCNC(=NCc1ccc(CS(=O)(=O)NC(C)C)cc1)NCC(CO)c1ccccc1. The first kappa shape index (κ1) is 24.8. The summed E-state index contributed by atoms with van der Waals surface area (Å²) in [5, 5.41) is 16.2. The van der Waals surface area contributed by atoms with E-state index in [1.807, 2.05) is 61.5 Å². The van der Waals surface area contributed by atoms with Gasteiger partial charge < -0.3 is 15.7 Å². The maximum atomic E-state index is 12.1. The molecule has 2 aromatic carbocycles. The van der Waals surface area contributed by atoms with Gasteiger partial charge in [0, 0.05) is 25.0 Å². The van der Waals surface area contributed by atoms with Crippen LogP contribution in [0.2, 0.25) is 0 Å². The van der Waals surface area contributed by atoms with Crippen molar-refractivity contribution >= 4 is 16.0 Å². The van der Waals surface area contributed by atoms with Crippen LogP contribution >= 0.6 is 0 Å². The Bertz CT molecular complexity index is 914. The molecule has 2 aromatic rings. The van der Waals surface area contributed by atoms with Gasteiger partial charge in [-0.25, -0.2) is 18.1 Å². The van der Waals surface area contributed by atoms with Gasteiger partial charge >= 0.3 is 0 Å². The Hall–Kier alpha value is -2.42. The summed E-state index contributed by atoms with van der Waals surface area (Å²) >= 11 is 0. The maximum Gasteiger partial charge on any atom is 0.216 e. The van der Waals surface area contributed by atoms with Gasteiger partial charge in [-0.3, -0.25) is 0 Å². The van der Waals surface area contributed by atoms with Crippen LogP contribution in [0.4, 0.5) is 0 Å². The number of rotatable bonds is 11. The average Bonchev–Trinajstić information content (AvgIpc) is 2.73. The molecule has 0 aromatic heterocycles. The van der Waals surface area contributed by atoms with Crippen LogP contribution in [-0.4, -0.2) is 45.2 Å². The van der Waals surface area contributed by atoms with Crippen LogP contribution in [0.1, 0.15) is 43.4 Å². The smallest absolute Gasteiger partial charge is 0.216 e. The molecule has 0 spiro atoms. The van der Waals surface area contributed by atoms with Crippen molar-refractivity contribution in [3.8, 4) is 0 Å². The molecule has 7 nitrogen and oxygen atoms in total. The lowest BCUT2D eigenvalue weighted by molar-refractivity contribution is 0.265. The lowest BCUT2D eigenvalue weighted by atomic mass is 10.0. The monoisotopic (exact) mass is 446 g/mol. The zero-order chi connectivity index (χ0) is 22.7. The fourth-order valence-corrected chi connectivity index (χ4v) is 4.54. The van der Waals surface area contributed by atoms with E-state index in [0.29, 0.717) is 19.0 Å². The van der Waals surface area contributed by atoms with E-state index < -0.39 is 10.0 Å². The molecule has 4 N–H and O–H groups in total. The number of nitrogens with one attached hydrogen (secondary N) is 3. The van der Waals surface area contributed by atoms with Crippen LogP contribution in [0.3, 0.4) is 0 Å². The van der Waals surface area contributed by atoms with Gasteiger partial charge in [0.25, 0.3) is 0 Å². The van der Waals surface area contributed by atoms with Crippen LogP contribution in [0.25, 0.3) is 0 Å². The van der Waals surface area contributed by atoms with E-state index in [2.05, 4.69) is 20.3 Å². The van der Waals surface area contributed by atoms with Crippen molar-refractivity contribution in [2.24, 2.45) is 4.99 Å². The van der Waals surface area contributed by atoms with Gasteiger partial charge in [0.15, 0.2) is 5.96 Å². The predicted molar refractivity (Wildman–Crippen MR) is 126 cm³/mol. The molecule has 0 fully saturated rings. The number of hydrogen-bond donors (Lipinski definition) is 4. The molecule has 0 aliphatic carbocycles. The lowest BCUT2D eigenvalue weighted by Crippen LogP contribution is -2.39. The number of guanidine groups is 1. The van der Waals surface area contributed by atoms with Crippen molar-refractivity contribution < 1.29 is 13.5 Å². The molecule has 0 aliphatic heterocycles. The van der Waals surface area contributed by atoms with Gasteiger partial charge in [0.05, 0.1) is 18.9 Å². The summed E-state index contributed by atoms with van der Waals surface area (Å²) in [5.74, 6) is 0.608. The first-order valence-corrected chi connectivity index (χ1v) is 12.2. The first-order chi connectivity index (χ1) is 14.8. The molecule has 0 bridgehead atoms. The summed E-state index contributed by atoms with van der Waals surface area (Å²) < 4.78 is 26.7. The van der Waals surface area contributed by atoms with E-state index in [9.17, 15) is 13.5 Å². The van der Waals surface area contributed by atoms with Crippen LogP contribution in [-0.2, 0) is 22.3 Å². The number of aliphatic imine (C=N–C) groups is 1. The number of sulfonamides is 1. The average molecular weight is 447 g/mol. The number of aliphatic hydroxyl groups excluding tert-OH is 1. The van der Waals surface area contributed by atoms with Gasteiger partial charge in [0.2, 0.25) is 10.0 Å². The van der Waals surface area contributed by atoms with Crippen LogP contribution < -0.4 is 15.4 Å². The molecule has 0 aliphatic rings. The second-order valence-electron chi connectivity index (χ2n) is 7.71. The third-order valence-electron chi connectivity index (χ3n) is 4.57. The van der Waals surface area contributed by atoms with Gasteiger partial charge in [-0.1, -0.05) is 54.6 Å². The van der Waals surface area contributed by atoms with Crippen molar-refractivity contribution in [2.75, 3.05) is 19.7 Å². The molecule has 0 amide bonds. The Morgan fingerprint density at radius 2 is 1.65 bits per heavy atom. The molecule has 0 saturated heterocycles. The standard InChI is InChI=1S/C23H34N4O3S/c1-4-24-23(26-15-22(16-28)21-8-6-5-7-9-21)25-14-19-10-12-20(13-11-19)17-31(29,30)27-18(2)3/h5-13,18,22,27-28H,4,14-17H2,1-3H3,(H2,24,25,26). The molecule has 0 saturated carbocycles. The molecular weight excluding hydrogens is 412 g/mol. The minimum absolute atomic E-state index is 0.0225. The summed E-state index contributed by atoms with van der Waals surface area (Å²) in [7, 11) is -3.34. The Labute approximate surface area is 186 Å². The number of aliphatic hydroxyl groups is 1. The second kappa shape index (κ2) is 12.4. The quantitative estimate of drug-likeness (QED) is 0.313. The van der Waals surface area contributed by atoms with E-state index in [-0.39, 0.29) is 24.3 Å². The normalized spacial score (nSPS) is 13.3. The molecule has 2 rings (SSSR count). The topological polar surface area (TPSA) is 103 Å². The van der Waals surface area contributed by atoms with Crippen LogP contribution in [0.5, 0.6) is 0 Å². The van der Waals surface area contributed by atoms with Crippen molar-refractivity contribution in [3.63, 3.8) is 0 Å². The molecule has 1 atom stereocenters. The maximum absolute atomic E-state index is 12.1. The molecule has 31 heavy (non-hydrogen) atoms. The second-order valence-corrected chi connectivity index (χ2v) is 9.47. The van der Waals surface area contributed by atoms with E-state index in [1.165, 1.54) is 0 Å². The van der Waals surface area contributed by atoms with Crippen molar-refractivity contribution in [1.82, 2.24) is 15.4 Å². The van der Waals surface area contributed by atoms with Crippen molar-refractivity contribution in [3.05, 3.63) is 71.3 Å². The van der Waals surface area contributed by atoms with E-state index in [4.69, 9.17) is 0 Å². The molecular formula is C23H34N4O3S. The highest BCUT2D eigenvalue weighted by atomic mass is 32.2. The minimum atomic E-state index is -3.34. The number of nitrogens with zero attached hydrogens (tertiary/aromatic N) is 1. The Morgan fingerprint density at radius 1 is 1.00 bits per heavy atom. The summed E-state index contributed by atoms with van der Waals surface area (Å²) in [6.45, 7) is 7.40. The fourth-order valence-electron chi connectivity index (χ4n) is 3.11. The van der Waals surface area contributed by atoms with Gasteiger partial charge in [-0.05, 0) is 37.5 Å². The van der Waals surface area contributed by atoms with Crippen molar-refractivity contribution in [2.45, 2.75) is 45.0 Å². The third kappa shape index (κ3) is 9.08. The Balaban J connectivity index is 1.97. The molecule has 0 heterocycles. The van der Waals surface area contributed by atoms with E-state index >= 15 is 0 Å². The molecule has 170 valence electrons. The molecule has 1 unspecified atom stereocenters. The molecule has 8 heteroatoms. The number of hydrogen-bond acceptors (Lipinski definition) is 4. The summed E-state index contributed by atoms with van der Waals surface area (Å²) in [4.78, 5) is 4.61. The van der Waals surface area contributed by atoms with Crippen LogP contribution in [0.15, 0.2) is 59.6 Å². The van der Waals surface area contributed by atoms with Gasteiger partial charge in [-0.15, -0.1) is 0 Å². The Morgan fingerprint density at radius 3 is 2.23 bits per heavy atom.